The molecule has 2 aliphatic heterocycles. The average Bonchev–Trinajstić information content (AvgIpc) is 2.93. The molecule has 0 N–H and O–H groups in total. The summed E-state index contributed by atoms with van der Waals surface area (Å²) in [7, 11) is 0. The van der Waals surface area contributed by atoms with Crippen LogP contribution in [-0.2, 0) is 19.2 Å². The molecular weight excluding hydrogens is 316 g/mol. The third-order valence-corrected chi connectivity index (χ3v) is 5.60. The molecule has 0 bridgehead atoms. The van der Waals surface area contributed by atoms with E-state index in [1.54, 1.807) is 0 Å². The number of rotatable bonds is 8. The van der Waals surface area contributed by atoms with Gasteiger partial charge in [0.2, 0.25) is 23.6 Å². The molecule has 2 heterocycles. The van der Waals surface area contributed by atoms with Crippen LogP contribution in [0.4, 0.5) is 0 Å². The zero-order chi connectivity index (χ0) is 17.0. The first kappa shape index (κ1) is 18.0. The molecule has 0 aromatic rings. The predicted octanol–water partition coefficient (Wildman–Crippen LogP) is 1.57. The van der Waals surface area contributed by atoms with Crippen molar-refractivity contribution in [3.63, 3.8) is 0 Å². The van der Waals surface area contributed by atoms with Crippen molar-refractivity contribution in [1.29, 1.82) is 0 Å². The van der Waals surface area contributed by atoms with E-state index in [2.05, 4.69) is 0 Å². The number of hydrogen-bond acceptors (Lipinski definition) is 5. The molecule has 0 unspecified atom stereocenters. The van der Waals surface area contributed by atoms with Gasteiger partial charge in [0.15, 0.2) is 0 Å². The fraction of sp³-hybridized carbons (Fsp3) is 0.750. The van der Waals surface area contributed by atoms with Crippen molar-refractivity contribution in [3.05, 3.63) is 0 Å². The number of likely N-dealkylation sites (tertiary alicyclic amines) is 2. The molecule has 2 aliphatic rings. The molecule has 7 heteroatoms. The molecular formula is C16H24N2O4S. The highest BCUT2D eigenvalue weighted by atomic mass is 32.2. The zero-order valence-corrected chi connectivity index (χ0v) is 14.6. The maximum Gasteiger partial charge on any atom is 0.242 e. The number of amides is 4. The van der Waals surface area contributed by atoms with Crippen LogP contribution in [0.15, 0.2) is 0 Å². The minimum Gasteiger partial charge on any atom is -0.282 e. The summed E-state index contributed by atoms with van der Waals surface area (Å²) < 4.78 is 0. The van der Waals surface area contributed by atoms with Crippen molar-refractivity contribution < 1.29 is 19.2 Å². The van der Waals surface area contributed by atoms with Crippen molar-refractivity contribution in [3.8, 4) is 0 Å². The largest absolute Gasteiger partial charge is 0.282 e. The second kappa shape index (κ2) is 7.95. The monoisotopic (exact) mass is 340 g/mol. The van der Waals surface area contributed by atoms with E-state index < -0.39 is 10.5 Å². The zero-order valence-electron chi connectivity index (χ0n) is 13.7. The first-order chi connectivity index (χ1) is 11.0. The van der Waals surface area contributed by atoms with E-state index in [4.69, 9.17) is 0 Å². The van der Waals surface area contributed by atoms with Crippen molar-refractivity contribution in [2.45, 2.75) is 62.9 Å². The van der Waals surface area contributed by atoms with Gasteiger partial charge in [0.25, 0.3) is 0 Å². The summed E-state index contributed by atoms with van der Waals surface area (Å²) in [6, 6.07) is 0. The second-order valence-corrected chi connectivity index (χ2v) is 7.41. The van der Waals surface area contributed by atoms with Crippen LogP contribution < -0.4 is 0 Å². The van der Waals surface area contributed by atoms with E-state index in [0.29, 0.717) is 13.1 Å². The lowest BCUT2D eigenvalue weighted by atomic mass is 10.3. The maximum atomic E-state index is 12.3. The number of hydrogen-bond donors (Lipinski definition) is 0. The Morgan fingerprint density at radius 1 is 0.826 bits per heavy atom. The molecule has 2 saturated heterocycles. The molecule has 128 valence electrons. The smallest absolute Gasteiger partial charge is 0.242 e. The Labute approximate surface area is 140 Å². The molecule has 2 rings (SSSR count). The van der Waals surface area contributed by atoms with E-state index in [1.165, 1.54) is 21.6 Å². The number of carbonyl (C=O) groups is 4. The Morgan fingerprint density at radius 2 is 1.22 bits per heavy atom. The fourth-order valence-corrected chi connectivity index (χ4v) is 4.18. The SMILES string of the molecule is CCCCN1C(=O)C[C@H](S[C@@H]2CC(=O)N(CCCC)C2=O)C1=O. The Kier molecular flexibility index (Phi) is 6.21. The molecule has 2 fully saturated rings. The lowest BCUT2D eigenvalue weighted by Gasteiger charge is -2.16. The molecule has 0 aromatic heterocycles. The molecule has 0 radical (unpaired) electrons. The van der Waals surface area contributed by atoms with E-state index >= 15 is 0 Å². The normalized spacial score (nSPS) is 25.1. The standard InChI is InChI=1S/C16H24N2O4S/c1-3-5-7-17-13(19)9-11(15(17)21)23-12-10-14(20)18(16(12)22)8-6-4-2/h11-12H,3-10H2,1-2H3/t11-,12+. The Balaban J connectivity index is 1.95. The minimum absolute atomic E-state index is 0.139. The van der Waals surface area contributed by atoms with Crippen LogP contribution in [0.1, 0.15) is 52.4 Å². The summed E-state index contributed by atoms with van der Waals surface area (Å²) in [4.78, 5) is 51.2. The van der Waals surface area contributed by atoms with Crippen molar-refractivity contribution in [2.24, 2.45) is 0 Å². The van der Waals surface area contributed by atoms with Crippen LogP contribution in [0.3, 0.4) is 0 Å². The van der Waals surface area contributed by atoms with Crippen molar-refractivity contribution in [2.75, 3.05) is 13.1 Å². The van der Waals surface area contributed by atoms with Crippen LogP contribution in [0.2, 0.25) is 0 Å². The number of carbonyl (C=O) groups excluding carboxylic acids is 4. The van der Waals surface area contributed by atoms with Crippen LogP contribution in [0.5, 0.6) is 0 Å². The number of nitrogens with zero attached hydrogens (tertiary/aromatic N) is 2. The number of imide groups is 2. The highest BCUT2D eigenvalue weighted by molar-refractivity contribution is 8.02. The van der Waals surface area contributed by atoms with E-state index in [9.17, 15) is 19.2 Å². The van der Waals surface area contributed by atoms with Gasteiger partial charge in [0, 0.05) is 25.9 Å². The third-order valence-electron chi connectivity index (χ3n) is 4.20. The van der Waals surface area contributed by atoms with Gasteiger partial charge in [-0.25, -0.2) is 0 Å². The summed E-state index contributed by atoms with van der Waals surface area (Å²) in [6.45, 7) is 4.91. The molecule has 0 aromatic carbocycles. The summed E-state index contributed by atoms with van der Waals surface area (Å²) in [5.41, 5.74) is 0. The molecule has 0 saturated carbocycles. The predicted molar refractivity (Wildman–Crippen MR) is 87.7 cm³/mol. The summed E-state index contributed by atoms with van der Waals surface area (Å²) >= 11 is 1.19. The summed E-state index contributed by atoms with van der Waals surface area (Å²) in [6.07, 6.45) is 3.69. The topological polar surface area (TPSA) is 74.8 Å². The fourth-order valence-electron chi connectivity index (χ4n) is 2.82. The Hall–Kier alpha value is -1.37. The van der Waals surface area contributed by atoms with Gasteiger partial charge in [-0.3, -0.25) is 29.0 Å². The maximum absolute atomic E-state index is 12.3. The van der Waals surface area contributed by atoms with Gasteiger partial charge in [0.05, 0.1) is 10.5 Å². The Morgan fingerprint density at radius 3 is 1.57 bits per heavy atom. The van der Waals surface area contributed by atoms with Crippen LogP contribution >= 0.6 is 11.8 Å². The van der Waals surface area contributed by atoms with Gasteiger partial charge in [0.1, 0.15) is 0 Å². The lowest BCUT2D eigenvalue weighted by molar-refractivity contribution is -0.139. The average molecular weight is 340 g/mol. The second-order valence-electron chi connectivity index (χ2n) is 6.00. The molecule has 4 amide bonds. The highest BCUT2D eigenvalue weighted by Gasteiger charge is 2.45. The Bertz CT molecular complexity index is 464. The third kappa shape index (κ3) is 3.94. The molecule has 0 spiro atoms. The molecule has 0 aliphatic carbocycles. The van der Waals surface area contributed by atoms with Gasteiger partial charge in [-0.05, 0) is 12.8 Å². The van der Waals surface area contributed by atoms with Crippen LogP contribution in [0, 0.1) is 0 Å². The van der Waals surface area contributed by atoms with Gasteiger partial charge in [-0.15, -0.1) is 11.8 Å². The van der Waals surface area contributed by atoms with Crippen molar-refractivity contribution in [1.82, 2.24) is 9.80 Å². The van der Waals surface area contributed by atoms with E-state index in [-0.39, 0.29) is 36.5 Å². The van der Waals surface area contributed by atoms with E-state index in [0.717, 1.165) is 25.7 Å². The minimum atomic E-state index is -0.521. The van der Waals surface area contributed by atoms with Gasteiger partial charge in [-0.2, -0.15) is 0 Å². The van der Waals surface area contributed by atoms with Gasteiger partial charge < -0.3 is 0 Å². The van der Waals surface area contributed by atoms with E-state index in [1.807, 2.05) is 13.8 Å². The summed E-state index contributed by atoms with van der Waals surface area (Å²) in [5.74, 6) is -0.748. The number of unbranched alkanes of at least 4 members (excludes halogenated alkanes) is 2. The first-order valence-electron chi connectivity index (χ1n) is 8.33. The van der Waals surface area contributed by atoms with Gasteiger partial charge in [-0.1, -0.05) is 26.7 Å². The van der Waals surface area contributed by atoms with Gasteiger partial charge >= 0.3 is 0 Å². The van der Waals surface area contributed by atoms with Crippen molar-refractivity contribution >= 4 is 35.4 Å². The molecule has 2 atom stereocenters. The number of thioether (sulfide) groups is 1. The quantitative estimate of drug-likeness (QED) is 0.627. The molecule has 23 heavy (non-hydrogen) atoms. The highest BCUT2D eigenvalue weighted by Crippen LogP contribution is 2.34. The molecule has 6 nitrogen and oxygen atoms in total. The van der Waals surface area contributed by atoms with Crippen LogP contribution in [-0.4, -0.2) is 57.0 Å². The van der Waals surface area contributed by atoms with Crippen LogP contribution in [0.25, 0.3) is 0 Å². The lowest BCUT2D eigenvalue weighted by Crippen LogP contribution is -2.34. The first-order valence-corrected chi connectivity index (χ1v) is 9.27. The summed E-state index contributed by atoms with van der Waals surface area (Å²) in [5, 5.41) is -1.04.